The van der Waals surface area contributed by atoms with Crippen LogP contribution in [0.1, 0.15) is 33.1 Å². The summed E-state index contributed by atoms with van der Waals surface area (Å²) in [5.41, 5.74) is 0.0980. The van der Waals surface area contributed by atoms with Gasteiger partial charge < -0.3 is 15.1 Å². The van der Waals surface area contributed by atoms with Crippen molar-refractivity contribution in [3.63, 3.8) is 0 Å². The lowest BCUT2D eigenvalue weighted by Crippen LogP contribution is -2.35. The van der Waals surface area contributed by atoms with Crippen molar-refractivity contribution in [3.05, 3.63) is 0 Å². The highest BCUT2D eigenvalue weighted by Crippen LogP contribution is 2.41. The van der Waals surface area contributed by atoms with Crippen molar-refractivity contribution >= 4 is 0 Å². The molecule has 0 radical (unpaired) electrons. The molecule has 0 aromatic heterocycles. The first-order chi connectivity index (χ1) is 7.53. The molecule has 2 rings (SSSR count). The summed E-state index contributed by atoms with van der Waals surface area (Å²) in [5.74, 6) is 0.902. The lowest BCUT2D eigenvalue weighted by Gasteiger charge is -2.28. The maximum Gasteiger partial charge on any atom is 0.0631 e. The number of hydrogen-bond acceptors (Lipinski definition) is 3. The van der Waals surface area contributed by atoms with Crippen molar-refractivity contribution in [3.8, 4) is 0 Å². The largest absolute Gasteiger partial charge is 0.396 e. The van der Waals surface area contributed by atoms with E-state index in [2.05, 4.69) is 18.7 Å². The Hall–Kier alpha value is -0.120. The minimum Gasteiger partial charge on any atom is -0.396 e. The Bertz CT molecular complexity index is 242. The second-order valence-electron chi connectivity index (χ2n) is 6.33. The van der Waals surface area contributed by atoms with Gasteiger partial charge in [0.15, 0.2) is 0 Å². The molecule has 3 atom stereocenters. The zero-order chi connectivity index (χ0) is 11.8. The van der Waals surface area contributed by atoms with Crippen molar-refractivity contribution in [2.75, 3.05) is 26.2 Å². The summed E-state index contributed by atoms with van der Waals surface area (Å²) in [6.07, 6.45) is 3.24. The van der Waals surface area contributed by atoms with Gasteiger partial charge in [-0.05, 0) is 43.1 Å². The molecule has 1 saturated heterocycles. The molecule has 16 heavy (non-hydrogen) atoms. The van der Waals surface area contributed by atoms with Gasteiger partial charge >= 0.3 is 0 Å². The molecule has 2 fully saturated rings. The molecule has 2 N–H and O–H groups in total. The Morgan fingerprint density at radius 1 is 1.31 bits per heavy atom. The molecular formula is C13H25NO2. The third-order valence-electron chi connectivity index (χ3n) is 4.53. The molecule has 94 valence electrons. The van der Waals surface area contributed by atoms with Crippen LogP contribution in [0.3, 0.4) is 0 Å². The van der Waals surface area contributed by atoms with E-state index in [1.165, 1.54) is 0 Å². The minimum absolute atomic E-state index is 0.0980. The van der Waals surface area contributed by atoms with E-state index in [1.54, 1.807) is 0 Å². The van der Waals surface area contributed by atoms with Gasteiger partial charge in [0.25, 0.3) is 0 Å². The van der Waals surface area contributed by atoms with Crippen molar-refractivity contribution in [2.45, 2.75) is 39.2 Å². The summed E-state index contributed by atoms with van der Waals surface area (Å²) in [6, 6.07) is 0. The zero-order valence-electron chi connectivity index (χ0n) is 10.5. The summed E-state index contributed by atoms with van der Waals surface area (Å²) in [7, 11) is 0. The molecule has 2 aliphatic rings. The highest BCUT2D eigenvalue weighted by Gasteiger charge is 2.41. The number of aliphatic hydroxyl groups excluding tert-OH is 2. The first-order valence-corrected chi connectivity index (χ1v) is 6.54. The van der Waals surface area contributed by atoms with E-state index >= 15 is 0 Å². The number of hydrogen-bond donors (Lipinski definition) is 2. The Balaban J connectivity index is 1.83. The fourth-order valence-corrected chi connectivity index (χ4v) is 3.25. The smallest absolute Gasteiger partial charge is 0.0631 e. The lowest BCUT2D eigenvalue weighted by atomic mass is 9.87. The molecule has 0 aromatic carbocycles. The van der Waals surface area contributed by atoms with Crippen LogP contribution < -0.4 is 0 Å². The molecule has 0 bridgehead atoms. The summed E-state index contributed by atoms with van der Waals surface area (Å²) in [6.45, 7) is 7.77. The van der Waals surface area contributed by atoms with Crippen LogP contribution in [0.25, 0.3) is 0 Å². The zero-order valence-corrected chi connectivity index (χ0v) is 10.5. The van der Waals surface area contributed by atoms with Gasteiger partial charge in [0.05, 0.1) is 6.10 Å². The van der Waals surface area contributed by atoms with Crippen LogP contribution in [-0.2, 0) is 0 Å². The molecule has 1 heterocycles. The predicted octanol–water partition coefficient (Wildman–Crippen LogP) is 1.10. The summed E-state index contributed by atoms with van der Waals surface area (Å²) in [5, 5.41) is 19.3. The molecule has 3 nitrogen and oxygen atoms in total. The van der Waals surface area contributed by atoms with Gasteiger partial charge in [0, 0.05) is 19.7 Å². The van der Waals surface area contributed by atoms with Crippen molar-refractivity contribution < 1.29 is 10.2 Å². The minimum atomic E-state index is -0.152. The van der Waals surface area contributed by atoms with Crippen LogP contribution in [0.2, 0.25) is 0 Å². The van der Waals surface area contributed by atoms with Crippen molar-refractivity contribution in [2.24, 2.45) is 17.3 Å². The third-order valence-corrected chi connectivity index (χ3v) is 4.53. The molecule has 3 heteroatoms. The standard InChI is InChI=1S/C13H25NO2/c1-13(2)5-3-11(12(13)16)8-14-6-4-10(7-14)9-15/h10-12,15-16H,3-9H2,1-2H3. The first-order valence-electron chi connectivity index (χ1n) is 6.54. The van der Waals surface area contributed by atoms with Gasteiger partial charge in [0.1, 0.15) is 0 Å². The van der Waals surface area contributed by atoms with Gasteiger partial charge in [0.2, 0.25) is 0 Å². The normalized spacial score (nSPS) is 39.4. The van der Waals surface area contributed by atoms with Gasteiger partial charge in [-0.25, -0.2) is 0 Å². The van der Waals surface area contributed by atoms with Crippen molar-refractivity contribution in [1.29, 1.82) is 0 Å². The Labute approximate surface area is 98.5 Å². The summed E-state index contributed by atoms with van der Waals surface area (Å²) >= 11 is 0. The monoisotopic (exact) mass is 227 g/mol. The van der Waals surface area contributed by atoms with E-state index in [0.29, 0.717) is 18.4 Å². The van der Waals surface area contributed by atoms with E-state index in [0.717, 1.165) is 38.9 Å². The fourth-order valence-electron chi connectivity index (χ4n) is 3.25. The third kappa shape index (κ3) is 2.41. The lowest BCUT2D eigenvalue weighted by molar-refractivity contribution is 0.0347. The van der Waals surface area contributed by atoms with Crippen LogP contribution in [-0.4, -0.2) is 47.5 Å². The molecule has 1 aliphatic carbocycles. The Kier molecular flexibility index (Phi) is 3.57. The van der Waals surface area contributed by atoms with Crippen molar-refractivity contribution in [1.82, 2.24) is 4.90 Å². The Morgan fingerprint density at radius 3 is 2.56 bits per heavy atom. The maximum absolute atomic E-state index is 10.2. The average Bonchev–Trinajstić information content (AvgIpc) is 2.79. The maximum atomic E-state index is 10.2. The van der Waals surface area contributed by atoms with Gasteiger partial charge in [-0.15, -0.1) is 0 Å². The highest BCUT2D eigenvalue weighted by atomic mass is 16.3. The molecule has 1 saturated carbocycles. The van der Waals surface area contributed by atoms with Crippen LogP contribution in [0.15, 0.2) is 0 Å². The van der Waals surface area contributed by atoms with E-state index < -0.39 is 0 Å². The SMILES string of the molecule is CC1(C)CCC(CN2CCC(CO)C2)C1O. The topological polar surface area (TPSA) is 43.7 Å². The fraction of sp³-hybridized carbons (Fsp3) is 1.00. The number of likely N-dealkylation sites (tertiary alicyclic amines) is 1. The van der Waals surface area contributed by atoms with Crippen LogP contribution in [0.4, 0.5) is 0 Å². The molecule has 0 spiro atoms. The Morgan fingerprint density at radius 2 is 2.06 bits per heavy atom. The number of aliphatic hydroxyl groups is 2. The van der Waals surface area contributed by atoms with E-state index in [1.807, 2.05) is 0 Å². The molecule has 1 aliphatic heterocycles. The average molecular weight is 227 g/mol. The summed E-state index contributed by atoms with van der Waals surface area (Å²) in [4.78, 5) is 2.41. The van der Waals surface area contributed by atoms with Crippen LogP contribution >= 0.6 is 0 Å². The molecular weight excluding hydrogens is 202 g/mol. The van der Waals surface area contributed by atoms with Gasteiger partial charge in [-0.1, -0.05) is 13.8 Å². The van der Waals surface area contributed by atoms with E-state index in [9.17, 15) is 5.11 Å². The quantitative estimate of drug-likeness (QED) is 0.759. The van der Waals surface area contributed by atoms with Crippen LogP contribution in [0, 0.1) is 17.3 Å². The number of nitrogens with zero attached hydrogens (tertiary/aromatic N) is 1. The second-order valence-corrected chi connectivity index (χ2v) is 6.33. The van der Waals surface area contributed by atoms with Crippen LogP contribution in [0.5, 0.6) is 0 Å². The first kappa shape index (κ1) is 12.3. The highest BCUT2D eigenvalue weighted by molar-refractivity contribution is 4.93. The van der Waals surface area contributed by atoms with E-state index in [4.69, 9.17) is 5.11 Å². The molecule has 0 aromatic rings. The molecule has 3 unspecified atom stereocenters. The number of rotatable bonds is 3. The molecule has 0 amide bonds. The second kappa shape index (κ2) is 4.63. The van der Waals surface area contributed by atoms with Gasteiger partial charge in [-0.2, -0.15) is 0 Å². The van der Waals surface area contributed by atoms with E-state index in [-0.39, 0.29) is 11.5 Å². The van der Waals surface area contributed by atoms with Gasteiger partial charge in [-0.3, -0.25) is 0 Å². The predicted molar refractivity (Wildman–Crippen MR) is 64.1 cm³/mol. The summed E-state index contributed by atoms with van der Waals surface area (Å²) < 4.78 is 0.